The van der Waals surface area contributed by atoms with Crippen molar-refractivity contribution in [1.82, 2.24) is 0 Å². The molecule has 2 nitrogen and oxygen atoms in total. The van der Waals surface area contributed by atoms with Gasteiger partial charge in [-0.1, -0.05) is 20.8 Å². The minimum atomic E-state index is -1.55. The summed E-state index contributed by atoms with van der Waals surface area (Å²) in [6, 6.07) is 0. The van der Waals surface area contributed by atoms with Gasteiger partial charge in [-0.05, 0) is 125 Å². The highest BCUT2D eigenvalue weighted by atomic mass is 28.4. The topological polar surface area (TPSA) is 18.5 Å². The first-order valence-corrected chi connectivity index (χ1v) is 19.6. The molecule has 0 aliphatic heterocycles. The quantitative estimate of drug-likeness (QED) is 0.408. The molecule has 4 aliphatic carbocycles. The number of rotatable bonds is 4. The summed E-state index contributed by atoms with van der Waals surface area (Å²) < 4.78 is 13.3. The Kier molecular flexibility index (Phi) is 5.76. The van der Waals surface area contributed by atoms with Crippen LogP contribution in [0.4, 0.5) is 0 Å². The zero-order valence-electron chi connectivity index (χ0n) is 21.3. The highest BCUT2D eigenvalue weighted by Crippen LogP contribution is 2.67. The Morgan fingerprint density at radius 1 is 0.933 bits per heavy atom. The van der Waals surface area contributed by atoms with Crippen LogP contribution in [-0.4, -0.2) is 22.7 Å². The number of allylic oxidation sites excluding steroid dienone is 2. The fraction of sp³-hybridized carbons (Fsp3) is 0.923. The van der Waals surface area contributed by atoms with Crippen molar-refractivity contribution in [3.8, 4) is 0 Å². The Morgan fingerprint density at radius 3 is 2.27 bits per heavy atom. The molecule has 0 heterocycles. The van der Waals surface area contributed by atoms with Crippen LogP contribution < -0.4 is 0 Å². The smallest absolute Gasteiger partial charge is 0.241 e. The third-order valence-electron chi connectivity index (χ3n) is 9.41. The first-order chi connectivity index (χ1) is 13.7. The Morgan fingerprint density at radius 2 is 1.63 bits per heavy atom. The van der Waals surface area contributed by atoms with Gasteiger partial charge >= 0.3 is 0 Å². The summed E-state index contributed by atoms with van der Waals surface area (Å²) in [4.78, 5) is 0. The second-order valence-corrected chi connectivity index (χ2v) is 22.7. The summed E-state index contributed by atoms with van der Waals surface area (Å²) in [5, 5.41) is 0. The van der Waals surface area contributed by atoms with Gasteiger partial charge in [0.25, 0.3) is 0 Å². The molecule has 172 valence electrons. The lowest BCUT2D eigenvalue weighted by Crippen LogP contribution is -2.56. The lowest BCUT2D eigenvalue weighted by molar-refractivity contribution is -0.133. The Balaban J connectivity index is 1.52. The van der Waals surface area contributed by atoms with Crippen LogP contribution in [0, 0.1) is 40.4 Å². The standard InChI is InChI=1S/C26H48O2Si2/c1-18-17-26(3)19(16-23(18)27-29(4,5)6)10-11-20-21-12-13-24(28-30(7,8)9)25(21,2)15-14-22(20)26/h13,18-23H,10-12,14-17H2,1-9H3. The number of hydrogen-bond acceptors (Lipinski definition) is 2. The SMILES string of the molecule is CC1CC2(C)C(CCC3C4CC=C(O[Si](C)(C)C)C4(C)CCC32)CC1O[Si](C)(C)C. The Bertz CT molecular complexity index is 690. The van der Waals surface area contributed by atoms with Crippen LogP contribution in [-0.2, 0) is 8.85 Å². The monoisotopic (exact) mass is 448 g/mol. The second-order valence-electron chi connectivity index (χ2n) is 13.8. The van der Waals surface area contributed by atoms with E-state index in [0.29, 0.717) is 22.9 Å². The zero-order chi connectivity index (χ0) is 22.1. The van der Waals surface area contributed by atoms with Crippen LogP contribution in [0.25, 0.3) is 0 Å². The van der Waals surface area contributed by atoms with Gasteiger partial charge in [-0.3, -0.25) is 0 Å². The largest absolute Gasteiger partial charge is 0.547 e. The van der Waals surface area contributed by atoms with E-state index < -0.39 is 16.6 Å². The third-order valence-corrected chi connectivity index (χ3v) is 11.3. The van der Waals surface area contributed by atoms with Crippen LogP contribution in [0.1, 0.15) is 65.7 Å². The van der Waals surface area contributed by atoms with Crippen molar-refractivity contribution < 1.29 is 8.85 Å². The first kappa shape index (κ1) is 23.1. The van der Waals surface area contributed by atoms with Crippen LogP contribution in [0.2, 0.25) is 39.3 Å². The summed E-state index contributed by atoms with van der Waals surface area (Å²) in [5.74, 6) is 5.56. The van der Waals surface area contributed by atoms with E-state index in [4.69, 9.17) is 8.85 Å². The third kappa shape index (κ3) is 4.03. The summed E-state index contributed by atoms with van der Waals surface area (Å²) in [7, 11) is -3.02. The molecule has 8 unspecified atom stereocenters. The zero-order valence-corrected chi connectivity index (χ0v) is 23.3. The molecule has 0 spiro atoms. The predicted octanol–water partition coefficient (Wildman–Crippen LogP) is 7.84. The molecule has 30 heavy (non-hydrogen) atoms. The van der Waals surface area contributed by atoms with E-state index in [9.17, 15) is 0 Å². The highest BCUT2D eigenvalue weighted by Gasteiger charge is 2.60. The van der Waals surface area contributed by atoms with E-state index in [-0.39, 0.29) is 0 Å². The maximum atomic E-state index is 6.68. The van der Waals surface area contributed by atoms with Gasteiger partial charge in [-0.15, -0.1) is 0 Å². The van der Waals surface area contributed by atoms with Crippen molar-refractivity contribution in [1.29, 1.82) is 0 Å². The van der Waals surface area contributed by atoms with Gasteiger partial charge in [0.1, 0.15) is 0 Å². The summed E-state index contributed by atoms with van der Waals surface area (Å²) in [6.45, 7) is 21.8. The molecule has 4 heteroatoms. The van der Waals surface area contributed by atoms with Gasteiger partial charge < -0.3 is 8.85 Å². The van der Waals surface area contributed by atoms with Gasteiger partial charge in [0.15, 0.2) is 8.32 Å². The summed E-state index contributed by atoms with van der Waals surface area (Å²) in [5.41, 5.74) is 0.819. The highest BCUT2D eigenvalue weighted by molar-refractivity contribution is 6.70. The molecule has 3 saturated carbocycles. The molecule has 0 aromatic carbocycles. The molecular weight excluding hydrogens is 400 g/mol. The molecule has 0 amide bonds. The molecule has 3 fully saturated rings. The fourth-order valence-corrected chi connectivity index (χ4v) is 10.4. The maximum absolute atomic E-state index is 6.68. The molecular formula is C26H48O2Si2. The average molecular weight is 449 g/mol. The van der Waals surface area contributed by atoms with Crippen molar-refractivity contribution in [3.05, 3.63) is 11.8 Å². The summed E-state index contributed by atoms with van der Waals surface area (Å²) >= 11 is 0. The van der Waals surface area contributed by atoms with Crippen molar-refractivity contribution in [2.45, 2.75) is 111 Å². The van der Waals surface area contributed by atoms with Crippen molar-refractivity contribution in [3.63, 3.8) is 0 Å². The van der Waals surface area contributed by atoms with E-state index in [1.165, 1.54) is 50.7 Å². The molecule has 0 aromatic heterocycles. The van der Waals surface area contributed by atoms with Crippen LogP contribution >= 0.6 is 0 Å². The van der Waals surface area contributed by atoms with Gasteiger partial charge in [-0.25, -0.2) is 0 Å². The number of fused-ring (bicyclic) bond motifs is 5. The van der Waals surface area contributed by atoms with E-state index in [1.54, 1.807) is 0 Å². The molecule has 4 rings (SSSR count). The van der Waals surface area contributed by atoms with Crippen molar-refractivity contribution in [2.75, 3.05) is 0 Å². The van der Waals surface area contributed by atoms with E-state index in [2.05, 4.69) is 66.1 Å². The van der Waals surface area contributed by atoms with Crippen molar-refractivity contribution in [2.24, 2.45) is 40.4 Å². The molecule has 0 bridgehead atoms. The van der Waals surface area contributed by atoms with Crippen LogP contribution in [0.15, 0.2) is 11.8 Å². The minimum Gasteiger partial charge on any atom is -0.547 e. The maximum Gasteiger partial charge on any atom is 0.241 e. The normalized spacial score (nSPS) is 46.5. The van der Waals surface area contributed by atoms with Gasteiger partial charge in [0.05, 0.1) is 5.76 Å². The lowest BCUT2D eigenvalue weighted by atomic mass is 9.44. The second kappa shape index (κ2) is 7.48. The molecule has 0 radical (unpaired) electrons. The molecule has 0 N–H and O–H groups in total. The fourth-order valence-electron chi connectivity index (χ4n) is 8.21. The lowest BCUT2D eigenvalue weighted by Gasteiger charge is -2.62. The summed E-state index contributed by atoms with van der Waals surface area (Å²) in [6.07, 6.45) is 12.6. The van der Waals surface area contributed by atoms with Gasteiger partial charge in [0.2, 0.25) is 8.32 Å². The average Bonchev–Trinajstić information content (AvgIpc) is 2.89. The van der Waals surface area contributed by atoms with Gasteiger partial charge in [-0.2, -0.15) is 0 Å². The molecule has 0 aromatic rings. The van der Waals surface area contributed by atoms with Crippen LogP contribution in [0.5, 0.6) is 0 Å². The minimum absolute atomic E-state index is 0.300. The van der Waals surface area contributed by atoms with E-state index >= 15 is 0 Å². The molecule has 8 atom stereocenters. The predicted molar refractivity (Wildman–Crippen MR) is 132 cm³/mol. The Labute approximate surface area is 188 Å². The van der Waals surface area contributed by atoms with E-state index in [0.717, 1.165) is 23.7 Å². The van der Waals surface area contributed by atoms with Gasteiger partial charge in [0, 0.05) is 11.5 Å². The molecule has 0 saturated heterocycles. The number of hydrogen-bond donors (Lipinski definition) is 0. The van der Waals surface area contributed by atoms with Crippen molar-refractivity contribution >= 4 is 16.6 Å². The first-order valence-electron chi connectivity index (χ1n) is 12.8. The molecule has 4 aliphatic rings. The van der Waals surface area contributed by atoms with E-state index in [1.807, 2.05) is 0 Å². The van der Waals surface area contributed by atoms with Crippen LogP contribution in [0.3, 0.4) is 0 Å². The Hall–Kier alpha value is -0.0662.